The van der Waals surface area contributed by atoms with Gasteiger partial charge in [0, 0.05) is 0 Å². The molecule has 21 heavy (non-hydrogen) atoms. The van der Waals surface area contributed by atoms with E-state index in [1.54, 1.807) is 0 Å². The lowest BCUT2D eigenvalue weighted by atomic mass is 10.1. The molecule has 0 aliphatic carbocycles. The van der Waals surface area contributed by atoms with Crippen LogP contribution in [0.15, 0.2) is 15.0 Å². The summed E-state index contributed by atoms with van der Waals surface area (Å²) in [5.74, 6) is -1.60. The first kappa shape index (κ1) is 14.3. The predicted molar refractivity (Wildman–Crippen MR) is 72.1 cm³/mol. The summed E-state index contributed by atoms with van der Waals surface area (Å²) in [7, 11) is 0. The first-order chi connectivity index (χ1) is 9.88. The molecular formula is C10H17N7O4. The molecule has 1 unspecified atom stereocenters. The zero-order valence-corrected chi connectivity index (χ0v) is 11.0. The number of hydrogen-bond donors (Lipinski definition) is 6. The second-order valence-corrected chi connectivity index (χ2v) is 5.04. The fraction of sp³-hybridized carbons (Fsp3) is 0.700. The third kappa shape index (κ3) is 1.94. The average Bonchev–Trinajstić information content (AvgIpc) is 2.88. The van der Waals surface area contributed by atoms with E-state index in [0.29, 0.717) is 0 Å². The summed E-state index contributed by atoms with van der Waals surface area (Å²) >= 11 is 0. The predicted octanol–water partition coefficient (Wildman–Crippen LogP) is -4.56. The smallest absolute Gasteiger partial charge is 0.220 e. The van der Waals surface area contributed by atoms with Crippen LogP contribution in [0.3, 0.4) is 0 Å². The monoisotopic (exact) mass is 299 g/mol. The van der Waals surface area contributed by atoms with Crippen molar-refractivity contribution < 1.29 is 20.1 Å². The van der Waals surface area contributed by atoms with Crippen LogP contribution in [-0.4, -0.2) is 81.3 Å². The number of guanidine groups is 1. The molecule has 0 saturated carbocycles. The minimum absolute atomic E-state index is 0.0332. The zero-order valence-electron chi connectivity index (χ0n) is 11.0. The number of nitrogens with two attached hydrogens (primary N) is 3. The van der Waals surface area contributed by atoms with Crippen molar-refractivity contribution in [1.82, 2.24) is 4.90 Å². The highest BCUT2D eigenvalue weighted by molar-refractivity contribution is 6.46. The maximum Gasteiger partial charge on any atom is 0.220 e. The van der Waals surface area contributed by atoms with Crippen molar-refractivity contribution in [2.24, 2.45) is 32.2 Å². The van der Waals surface area contributed by atoms with Crippen LogP contribution in [0.4, 0.5) is 0 Å². The Bertz CT molecular complexity index is 550. The van der Waals surface area contributed by atoms with Gasteiger partial charge in [-0.25, -0.2) is 9.89 Å². The van der Waals surface area contributed by atoms with Crippen molar-refractivity contribution in [1.29, 1.82) is 0 Å². The first-order valence-corrected chi connectivity index (χ1v) is 6.31. The quantitative estimate of drug-likeness (QED) is 0.294. The Balaban J connectivity index is 1.91. The Morgan fingerprint density at radius 2 is 2.05 bits per heavy atom. The Morgan fingerprint density at radius 1 is 1.33 bits per heavy atom. The molecule has 116 valence electrons. The minimum atomic E-state index is -1.52. The summed E-state index contributed by atoms with van der Waals surface area (Å²) in [5, 5.41) is 29.0. The topological polar surface area (TPSA) is 188 Å². The summed E-state index contributed by atoms with van der Waals surface area (Å²) in [6.45, 7) is -0.408. The maximum atomic E-state index is 10.1. The molecule has 3 aliphatic heterocycles. The number of aliphatic hydroxyl groups excluding tert-OH is 3. The molecule has 5 atom stereocenters. The number of ether oxygens (including phenoxy) is 1. The van der Waals surface area contributed by atoms with E-state index >= 15 is 0 Å². The molecule has 9 N–H and O–H groups in total. The second-order valence-electron chi connectivity index (χ2n) is 5.04. The molecule has 0 aromatic rings. The van der Waals surface area contributed by atoms with E-state index in [1.165, 1.54) is 4.90 Å². The summed E-state index contributed by atoms with van der Waals surface area (Å²) in [5.41, 5.74) is 17.7. The maximum absolute atomic E-state index is 10.1. The highest BCUT2D eigenvalue weighted by atomic mass is 16.6. The lowest BCUT2D eigenvalue weighted by Gasteiger charge is -2.37. The highest BCUT2D eigenvalue weighted by Gasteiger charge is 2.55. The summed E-state index contributed by atoms with van der Waals surface area (Å²) in [6, 6.07) is 0. The summed E-state index contributed by atoms with van der Waals surface area (Å²) < 4.78 is 5.44. The molecular weight excluding hydrogens is 282 g/mol. The van der Waals surface area contributed by atoms with Gasteiger partial charge in [-0.15, -0.1) is 0 Å². The van der Waals surface area contributed by atoms with Gasteiger partial charge < -0.3 is 31.5 Å². The van der Waals surface area contributed by atoms with Crippen LogP contribution in [0.25, 0.3) is 0 Å². The lowest BCUT2D eigenvalue weighted by molar-refractivity contribution is -0.115. The number of amidine groups is 1. The normalized spacial score (nSPS) is 43.3. The number of aliphatic hydroxyl groups is 3. The number of nitrogens with zero attached hydrogens (tertiary/aromatic N) is 4. The van der Waals surface area contributed by atoms with Crippen LogP contribution >= 0.6 is 0 Å². The molecule has 11 nitrogen and oxygen atoms in total. The number of fused-ring (bicyclic) bond motifs is 1. The van der Waals surface area contributed by atoms with Gasteiger partial charge in [-0.05, 0) is 0 Å². The van der Waals surface area contributed by atoms with E-state index in [2.05, 4.69) is 15.0 Å². The molecule has 1 saturated heterocycles. The van der Waals surface area contributed by atoms with Crippen LogP contribution in [0.1, 0.15) is 0 Å². The van der Waals surface area contributed by atoms with Crippen molar-refractivity contribution in [2.75, 3.05) is 13.3 Å². The lowest BCUT2D eigenvalue weighted by Crippen LogP contribution is -2.66. The van der Waals surface area contributed by atoms with Crippen LogP contribution in [0, 0.1) is 0 Å². The standard InChI is InChI=1S/C10H17N7O4/c11-7-6-10(13,16-9(12)15-7)17(2-14-6)8-5(20)4(19)3(1-18)21-8/h3-5,8,18-20H,1-2,13H2,(H4,11,12,15,16)/t3-,4-,5-,8-,10?/m1/s1. The van der Waals surface area contributed by atoms with Gasteiger partial charge in [0.05, 0.1) is 13.3 Å². The Labute approximate surface area is 119 Å². The molecule has 1 fully saturated rings. The van der Waals surface area contributed by atoms with Crippen LogP contribution < -0.4 is 17.2 Å². The molecule has 0 radical (unpaired) electrons. The molecule has 3 heterocycles. The third-order valence-corrected chi connectivity index (χ3v) is 3.75. The molecule has 0 amide bonds. The van der Waals surface area contributed by atoms with Crippen molar-refractivity contribution in [3.05, 3.63) is 0 Å². The van der Waals surface area contributed by atoms with Gasteiger partial charge in [0.2, 0.25) is 11.7 Å². The molecule has 0 spiro atoms. The van der Waals surface area contributed by atoms with E-state index in [4.69, 9.17) is 27.0 Å². The molecule has 11 heteroatoms. The van der Waals surface area contributed by atoms with Gasteiger partial charge in [-0.1, -0.05) is 0 Å². The van der Waals surface area contributed by atoms with E-state index in [-0.39, 0.29) is 24.2 Å². The largest absolute Gasteiger partial charge is 0.394 e. The fourth-order valence-corrected chi connectivity index (χ4v) is 2.68. The first-order valence-electron chi connectivity index (χ1n) is 6.31. The molecule has 0 bridgehead atoms. The van der Waals surface area contributed by atoms with E-state index in [0.717, 1.165) is 0 Å². The van der Waals surface area contributed by atoms with Gasteiger partial charge in [0.1, 0.15) is 30.3 Å². The van der Waals surface area contributed by atoms with Gasteiger partial charge in [-0.3, -0.25) is 10.7 Å². The molecule has 0 aromatic heterocycles. The third-order valence-electron chi connectivity index (χ3n) is 3.75. The van der Waals surface area contributed by atoms with Crippen molar-refractivity contribution in [2.45, 2.75) is 30.3 Å². The van der Waals surface area contributed by atoms with Crippen LogP contribution in [-0.2, 0) is 4.74 Å². The van der Waals surface area contributed by atoms with Crippen molar-refractivity contribution in [3.8, 4) is 0 Å². The van der Waals surface area contributed by atoms with E-state index in [1.807, 2.05) is 0 Å². The van der Waals surface area contributed by atoms with Crippen molar-refractivity contribution in [3.63, 3.8) is 0 Å². The van der Waals surface area contributed by atoms with Crippen LogP contribution in [0.5, 0.6) is 0 Å². The number of hydrogen-bond acceptors (Lipinski definition) is 11. The van der Waals surface area contributed by atoms with Gasteiger partial charge in [0.15, 0.2) is 5.84 Å². The Morgan fingerprint density at radius 3 is 2.67 bits per heavy atom. The summed E-state index contributed by atoms with van der Waals surface area (Å²) in [6.07, 6.45) is -4.46. The molecule has 0 aromatic carbocycles. The van der Waals surface area contributed by atoms with Crippen molar-refractivity contribution >= 4 is 17.5 Å². The average molecular weight is 299 g/mol. The number of aliphatic imine (C=N–C) groups is 3. The molecule has 3 rings (SSSR count). The molecule has 3 aliphatic rings. The van der Waals surface area contributed by atoms with Crippen LogP contribution in [0.2, 0.25) is 0 Å². The van der Waals surface area contributed by atoms with Gasteiger partial charge in [-0.2, -0.15) is 4.99 Å². The second kappa shape index (κ2) is 4.69. The van der Waals surface area contributed by atoms with Gasteiger partial charge >= 0.3 is 0 Å². The highest BCUT2D eigenvalue weighted by Crippen LogP contribution is 2.32. The summed E-state index contributed by atoms with van der Waals surface area (Å²) in [4.78, 5) is 13.4. The minimum Gasteiger partial charge on any atom is -0.394 e. The van der Waals surface area contributed by atoms with E-state index in [9.17, 15) is 10.2 Å². The SMILES string of the molecule is NC1=NC2(N)C(=NCN2[C@@H]2O[C@H](CO)[C@@H](O)[C@H]2O)C(N)=N1. The Kier molecular flexibility index (Phi) is 3.20. The Hall–Kier alpha value is -1.63. The van der Waals surface area contributed by atoms with E-state index < -0.39 is 36.9 Å². The fourth-order valence-electron chi connectivity index (χ4n) is 2.68. The zero-order chi connectivity index (χ0) is 15.4. The number of rotatable bonds is 2. The van der Waals surface area contributed by atoms with Gasteiger partial charge in [0.25, 0.3) is 0 Å².